The lowest BCUT2D eigenvalue weighted by Crippen LogP contribution is -2.52. The Labute approximate surface area is 171 Å². The van der Waals surface area contributed by atoms with Crippen LogP contribution in [0.25, 0.3) is 11.1 Å². The SMILES string of the molecule is O=C(CN1CCN(C(=O)c2ccc(-c3ccccc3)cc2)CC1)N1CCOCC1. The van der Waals surface area contributed by atoms with E-state index >= 15 is 0 Å². The van der Waals surface area contributed by atoms with Gasteiger partial charge in [0, 0.05) is 44.8 Å². The first-order valence-electron chi connectivity index (χ1n) is 10.2. The Morgan fingerprint density at radius 3 is 2.00 bits per heavy atom. The molecule has 0 N–H and O–H groups in total. The fourth-order valence-corrected chi connectivity index (χ4v) is 3.83. The van der Waals surface area contributed by atoms with Crippen molar-refractivity contribution in [1.29, 1.82) is 0 Å². The first-order chi connectivity index (χ1) is 14.2. The zero-order chi connectivity index (χ0) is 20.1. The lowest BCUT2D eigenvalue weighted by atomic mass is 10.0. The number of morpholine rings is 1. The van der Waals surface area contributed by atoms with Gasteiger partial charge >= 0.3 is 0 Å². The summed E-state index contributed by atoms with van der Waals surface area (Å²) in [5.41, 5.74) is 2.96. The minimum Gasteiger partial charge on any atom is -0.378 e. The second kappa shape index (κ2) is 9.20. The van der Waals surface area contributed by atoms with Crippen LogP contribution >= 0.6 is 0 Å². The molecule has 2 aliphatic rings. The van der Waals surface area contributed by atoms with Crippen molar-refractivity contribution in [3.05, 3.63) is 60.2 Å². The van der Waals surface area contributed by atoms with Gasteiger partial charge in [0.1, 0.15) is 0 Å². The number of nitrogens with zero attached hydrogens (tertiary/aromatic N) is 3. The third kappa shape index (κ3) is 4.83. The van der Waals surface area contributed by atoms with E-state index in [0.29, 0.717) is 51.5 Å². The number of benzene rings is 2. The summed E-state index contributed by atoms with van der Waals surface area (Å²) < 4.78 is 5.30. The molecule has 0 saturated carbocycles. The fraction of sp³-hybridized carbons (Fsp3) is 0.391. The predicted molar refractivity (Wildman–Crippen MR) is 112 cm³/mol. The molecule has 0 aromatic heterocycles. The zero-order valence-corrected chi connectivity index (χ0v) is 16.6. The number of ether oxygens (including phenoxy) is 1. The summed E-state index contributed by atoms with van der Waals surface area (Å²) in [4.78, 5) is 31.1. The van der Waals surface area contributed by atoms with Crippen LogP contribution in [0.5, 0.6) is 0 Å². The van der Waals surface area contributed by atoms with Crippen molar-refractivity contribution < 1.29 is 14.3 Å². The van der Waals surface area contributed by atoms with Gasteiger partial charge in [0.2, 0.25) is 5.91 Å². The summed E-state index contributed by atoms with van der Waals surface area (Å²) in [5.74, 6) is 0.216. The zero-order valence-electron chi connectivity index (χ0n) is 16.6. The molecule has 152 valence electrons. The van der Waals surface area contributed by atoms with Crippen molar-refractivity contribution in [3.63, 3.8) is 0 Å². The highest BCUT2D eigenvalue weighted by Gasteiger charge is 2.25. The largest absolute Gasteiger partial charge is 0.378 e. The number of carbonyl (C=O) groups is 2. The molecule has 2 amide bonds. The number of rotatable bonds is 4. The summed E-state index contributed by atoms with van der Waals surface area (Å²) in [5, 5.41) is 0. The van der Waals surface area contributed by atoms with Gasteiger partial charge in [-0.2, -0.15) is 0 Å². The molecular formula is C23H27N3O3. The van der Waals surface area contributed by atoms with Crippen LogP contribution in [0.1, 0.15) is 10.4 Å². The van der Waals surface area contributed by atoms with Crippen molar-refractivity contribution in [2.45, 2.75) is 0 Å². The molecule has 0 unspecified atom stereocenters. The van der Waals surface area contributed by atoms with Crippen molar-refractivity contribution in [3.8, 4) is 11.1 Å². The maximum absolute atomic E-state index is 12.8. The Kier molecular flexibility index (Phi) is 6.22. The third-order valence-corrected chi connectivity index (χ3v) is 5.62. The van der Waals surface area contributed by atoms with Gasteiger partial charge in [-0.15, -0.1) is 0 Å². The van der Waals surface area contributed by atoms with Crippen LogP contribution in [-0.2, 0) is 9.53 Å². The minimum atomic E-state index is 0.0590. The van der Waals surface area contributed by atoms with Crippen LogP contribution in [0, 0.1) is 0 Å². The van der Waals surface area contributed by atoms with Crippen molar-refractivity contribution in [2.75, 3.05) is 59.0 Å². The predicted octanol–water partition coefficient (Wildman–Crippen LogP) is 1.97. The second-order valence-electron chi connectivity index (χ2n) is 7.50. The van der Waals surface area contributed by atoms with Gasteiger partial charge in [-0.1, -0.05) is 42.5 Å². The lowest BCUT2D eigenvalue weighted by molar-refractivity contribution is -0.136. The van der Waals surface area contributed by atoms with Crippen LogP contribution in [0.3, 0.4) is 0 Å². The molecule has 0 radical (unpaired) electrons. The Balaban J connectivity index is 1.29. The first kappa shape index (κ1) is 19.6. The molecule has 0 aliphatic carbocycles. The van der Waals surface area contributed by atoms with Gasteiger partial charge in [-0.05, 0) is 23.3 Å². The lowest BCUT2D eigenvalue weighted by Gasteiger charge is -2.36. The molecule has 6 nitrogen and oxygen atoms in total. The average molecular weight is 393 g/mol. The van der Waals surface area contributed by atoms with Crippen molar-refractivity contribution >= 4 is 11.8 Å². The molecule has 29 heavy (non-hydrogen) atoms. The monoisotopic (exact) mass is 393 g/mol. The third-order valence-electron chi connectivity index (χ3n) is 5.62. The quantitative estimate of drug-likeness (QED) is 0.797. The van der Waals surface area contributed by atoms with E-state index in [1.807, 2.05) is 52.3 Å². The van der Waals surface area contributed by atoms with Gasteiger partial charge < -0.3 is 14.5 Å². The van der Waals surface area contributed by atoms with E-state index in [1.165, 1.54) is 0 Å². The molecule has 4 rings (SSSR count). The highest BCUT2D eigenvalue weighted by molar-refractivity contribution is 5.94. The molecule has 2 saturated heterocycles. The molecule has 2 aromatic rings. The molecule has 2 aromatic carbocycles. The Morgan fingerprint density at radius 2 is 1.34 bits per heavy atom. The molecule has 6 heteroatoms. The topological polar surface area (TPSA) is 53.1 Å². The smallest absolute Gasteiger partial charge is 0.253 e. The van der Waals surface area contributed by atoms with Crippen LogP contribution in [-0.4, -0.2) is 85.5 Å². The van der Waals surface area contributed by atoms with Crippen LogP contribution in [0.4, 0.5) is 0 Å². The van der Waals surface area contributed by atoms with Crippen LogP contribution in [0.15, 0.2) is 54.6 Å². The van der Waals surface area contributed by atoms with E-state index in [4.69, 9.17) is 4.74 Å². The normalized spacial score (nSPS) is 17.9. The number of piperazine rings is 1. The molecule has 0 bridgehead atoms. The number of carbonyl (C=O) groups excluding carboxylic acids is 2. The molecular weight excluding hydrogens is 366 g/mol. The summed E-state index contributed by atoms with van der Waals surface area (Å²) in [6.45, 7) is 5.77. The van der Waals surface area contributed by atoms with Gasteiger partial charge in [-0.25, -0.2) is 0 Å². The molecule has 0 spiro atoms. The van der Waals surface area contributed by atoms with Crippen molar-refractivity contribution in [1.82, 2.24) is 14.7 Å². The van der Waals surface area contributed by atoms with E-state index in [9.17, 15) is 9.59 Å². The Hall–Kier alpha value is -2.70. The van der Waals surface area contributed by atoms with E-state index < -0.39 is 0 Å². The summed E-state index contributed by atoms with van der Waals surface area (Å²) in [6, 6.07) is 17.9. The standard InChI is InChI=1S/C23H27N3O3/c27-22(25-14-16-29-17-15-25)18-24-10-12-26(13-11-24)23(28)21-8-6-20(7-9-21)19-4-2-1-3-5-19/h1-9H,10-18H2. The highest BCUT2D eigenvalue weighted by atomic mass is 16.5. The van der Waals surface area contributed by atoms with E-state index in [1.54, 1.807) is 0 Å². The number of amides is 2. The van der Waals surface area contributed by atoms with Gasteiger partial charge in [0.15, 0.2) is 0 Å². The summed E-state index contributed by atoms with van der Waals surface area (Å²) in [7, 11) is 0. The van der Waals surface area contributed by atoms with Crippen molar-refractivity contribution in [2.24, 2.45) is 0 Å². The second-order valence-corrected chi connectivity index (χ2v) is 7.50. The molecule has 2 aliphatic heterocycles. The first-order valence-corrected chi connectivity index (χ1v) is 10.2. The minimum absolute atomic E-state index is 0.0590. The summed E-state index contributed by atoms with van der Waals surface area (Å²) in [6.07, 6.45) is 0. The Morgan fingerprint density at radius 1 is 0.724 bits per heavy atom. The molecule has 2 fully saturated rings. The van der Waals surface area contributed by atoms with E-state index in [0.717, 1.165) is 24.2 Å². The van der Waals surface area contributed by atoms with Gasteiger partial charge in [0.25, 0.3) is 5.91 Å². The molecule has 2 heterocycles. The van der Waals surface area contributed by atoms with Gasteiger partial charge in [0.05, 0.1) is 19.8 Å². The van der Waals surface area contributed by atoms with Gasteiger partial charge in [-0.3, -0.25) is 14.5 Å². The van der Waals surface area contributed by atoms with Crippen LogP contribution in [0.2, 0.25) is 0 Å². The number of hydrogen-bond acceptors (Lipinski definition) is 4. The fourth-order valence-electron chi connectivity index (χ4n) is 3.83. The number of hydrogen-bond donors (Lipinski definition) is 0. The van der Waals surface area contributed by atoms with Crippen LogP contribution < -0.4 is 0 Å². The maximum atomic E-state index is 12.8. The Bertz CT molecular complexity index is 824. The van der Waals surface area contributed by atoms with E-state index in [-0.39, 0.29) is 11.8 Å². The summed E-state index contributed by atoms with van der Waals surface area (Å²) >= 11 is 0. The average Bonchev–Trinajstić information content (AvgIpc) is 2.80. The maximum Gasteiger partial charge on any atom is 0.253 e. The van der Waals surface area contributed by atoms with E-state index in [2.05, 4.69) is 17.0 Å². The highest BCUT2D eigenvalue weighted by Crippen LogP contribution is 2.20. The molecule has 0 atom stereocenters.